The minimum absolute atomic E-state index is 0.109. The van der Waals surface area contributed by atoms with E-state index in [1.54, 1.807) is 12.0 Å². The molecule has 1 aromatic carbocycles. The lowest BCUT2D eigenvalue weighted by Crippen LogP contribution is -2.29. The van der Waals surface area contributed by atoms with Crippen LogP contribution in [0, 0.1) is 0 Å². The first-order valence-electron chi connectivity index (χ1n) is 6.03. The Labute approximate surface area is 107 Å². The van der Waals surface area contributed by atoms with Gasteiger partial charge in [-0.1, -0.05) is 6.07 Å². The summed E-state index contributed by atoms with van der Waals surface area (Å²) in [7, 11) is 3.47. The van der Waals surface area contributed by atoms with Crippen LogP contribution in [-0.2, 0) is 11.3 Å². The fourth-order valence-electron chi connectivity index (χ4n) is 1.95. The first-order valence-corrected chi connectivity index (χ1v) is 6.03. The third-order valence-corrected chi connectivity index (χ3v) is 3.20. The van der Waals surface area contributed by atoms with Crippen LogP contribution in [0.5, 0.6) is 5.75 Å². The number of benzene rings is 1. The number of carbonyl (C=O) groups is 1. The highest BCUT2D eigenvalue weighted by molar-refractivity contribution is 5.88. The van der Waals surface area contributed by atoms with Crippen molar-refractivity contribution in [3.8, 4) is 5.75 Å². The van der Waals surface area contributed by atoms with Crippen molar-refractivity contribution >= 4 is 16.8 Å². The molecule has 0 bridgehead atoms. The van der Waals surface area contributed by atoms with Crippen molar-refractivity contribution < 1.29 is 9.53 Å². The summed E-state index contributed by atoms with van der Waals surface area (Å²) in [6.07, 6.45) is 1.93. The SMILES string of the molecule is CCN(C)C(=O)Cn1ccc2c(OC)cccc21. The Hall–Kier alpha value is -1.97. The molecule has 0 atom stereocenters. The minimum atomic E-state index is 0.109. The second kappa shape index (κ2) is 5.12. The van der Waals surface area contributed by atoms with Gasteiger partial charge in [-0.05, 0) is 25.1 Å². The van der Waals surface area contributed by atoms with E-state index in [9.17, 15) is 4.79 Å². The van der Waals surface area contributed by atoms with Gasteiger partial charge in [0.15, 0.2) is 0 Å². The molecule has 18 heavy (non-hydrogen) atoms. The number of ether oxygens (including phenoxy) is 1. The van der Waals surface area contributed by atoms with Gasteiger partial charge in [-0.3, -0.25) is 4.79 Å². The second-order valence-electron chi connectivity index (χ2n) is 4.24. The predicted octanol–water partition coefficient (Wildman–Crippen LogP) is 2.13. The summed E-state index contributed by atoms with van der Waals surface area (Å²) in [5.74, 6) is 0.945. The third-order valence-electron chi connectivity index (χ3n) is 3.20. The molecule has 0 fully saturated rings. The monoisotopic (exact) mass is 246 g/mol. The third kappa shape index (κ3) is 2.18. The molecule has 1 heterocycles. The predicted molar refractivity (Wildman–Crippen MR) is 71.8 cm³/mol. The van der Waals surface area contributed by atoms with E-state index in [2.05, 4.69) is 0 Å². The standard InChI is InChI=1S/C14H18N2O2/c1-4-15(2)14(17)10-16-9-8-11-12(16)6-5-7-13(11)18-3/h5-9H,4,10H2,1-3H3. The molecule has 0 aliphatic heterocycles. The summed E-state index contributed by atoms with van der Waals surface area (Å²) >= 11 is 0. The van der Waals surface area contributed by atoms with Crippen LogP contribution >= 0.6 is 0 Å². The molecule has 2 aromatic rings. The molecule has 96 valence electrons. The number of carbonyl (C=O) groups excluding carboxylic acids is 1. The number of amides is 1. The number of rotatable bonds is 4. The molecule has 1 amide bonds. The van der Waals surface area contributed by atoms with E-state index in [4.69, 9.17) is 4.74 Å². The first kappa shape index (κ1) is 12.5. The summed E-state index contributed by atoms with van der Waals surface area (Å²) in [6, 6.07) is 7.84. The average molecular weight is 246 g/mol. The highest BCUT2D eigenvalue weighted by Crippen LogP contribution is 2.26. The van der Waals surface area contributed by atoms with Crippen molar-refractivity contribution in [2.24, 2.45) is 0 Å². The van der Waals surface area contributed by atoms with Gasteiger partial charge >= 0.3 is 0 Å². The van der Waals surface area contributed by atoms with Crippen LogP contribution in [0.1, 0.15) is 6.92 Å². The lowest BCUT2D eigenvalue weighted by atomic mass is 10.2. The Morgan fingerprint density at radius 1 is 1.39 bits per heavy atom. The zero-order chi connectivity index (χ0) is 13.1. The van der Waals surface area contributed by atoms with Crippen LogP contribution in [-0.4, -0.2) is 36.1 Å². The van der Waals surface area contributed by atoms with Gasteiger partial charge in [0, 0.05) is 25.2 Å². The van der Waals surface area contributed by atoms with E-state index in [-0.39, 0.29) is 5.91 Å². The van der Waals surface area contributed by atoms with E-state index in [0.29, 0.717) is 6.54 Å². The minimum Gasteiger partial charge on any atom is -0.496 e. The number of hydrogen-bond donors (Lipinski definition) is 0. The number of aromatic nitrogens is 1. The van der Waals surface area contributed by atoms with Gasteiger partial charge in [-0.15, -0.1) is 0 Å². The normalized spacial score (nSPS) is 10.6. The van der Waals surface area contributed by atoms with Gasteiger partial charge in [-0.2, -0.15) is 0 Å². The molecule has 0 saturated carbocycles. The van der Waals surface area contributed by atoms with E-state index < -0.39 is 0 Å². The molecule has 4 nitrogen and oxygen atoms in total. The second-order valence-corrected chi connectivity index (χ2v) is 4.24. The van der Waals surface area contributed by atoms with Gasteiger partial charge in [0.25, 0.3) is 0 Å². The Balaban J connectivity index is 2.33. The zero-order valence-corrected chi connectivity index (χ0v) is 11.0. The molecule has 0 radical (unpaired) electrons. The summed E-state index contributed by atoms with van der Waals surface area (Å²) in [5.41, 5.74) is 1.02. The highest BCUT2D eigenvalue weighted by atomic mass is 16.5. The van der Waals surface area contributed by atoms with Crippen molar-refractivity contribution in [3.05, 3.63) is 30.5 Å². The lowest BCUT2D eigenvalue weighted by Gasteiger charge is -2.15. The molecular formula is C14H18N2O2. The number of nitrogens with zero attached hydrogens (tertiary/aromatic N) is 2. The van der Waals surface area contributed by atoms with Crippen LogP contribution in [0.4, 0.5) is 0 Å². The van der Waals surface area contributed by atoms with Crippen LogP contribution in [0.25, 0.3) is 10.9 Å². The van der Waals surface area contributed by atoms with Crippen LogP contribution in [0.2, 0.25) is 0 Å². The fraction of sp³-hybridized carbons (Fsp3) is 0.357. The molecule has 0 saturated heterocycles. The van der Waals surface area contributed by atoms with Gasteiger partial charge in [0.05, 0.1) is 12.6 Å². The Kier molecular flexibility index (Phi) is 3.55. The largest absolute Gasteiger partial charge is 0.496 e. The molecule has 2 rings (SSSR count). The number of hydrogen-bond acceptors (Lipinski definition) is 2. The Morgan fingerprint density at radius 2 is 2.17 bits per heavy atom. The van der Waals surface area contributed by atoms with E-state index >= 15 is 0 Å². The topological polar surface area (TPSA) is 34.5 Å². The van der Waals surface area contributed by atoms with Gasteiger partial charge < -0.3 is 14.2 Å². The fourth-order valence-corrected chi connectivity index (χ4v) is 1.95. The smallest absolute Gasteiger partial charge is 0.242 e. The van der Waals surface area contributed by atoms with E-state index in [0.717, 1.165) is 23.2 Å². The van der Waals surface area contributed by atoms with Gasteiger partial charge in [-0.25, -0.2) is 0 Å². The molecular weight excluding hydrogens is 228 g/mol. The quantitative estimate of drug-likeness (QED) is 0.828. The summed E-state index contributed by atoms with van der Waals surface area (Å²) in [5, 5.41) is 1.03. The summed E-state index contributed by atoms with van der Waals surface area (Å²) in [4.78, 5) is 13.6. The van der Waals surface area contributed by atoms with Crippen LogP contribution in [0.15, 0.2) is 30.5 Å². The Bertz CT molecular complexity index is 560. The summed E-state index contributed by atoms with van der Waals surface area (Å²) < 4.78 is 7.26. The number of methoxy groups -OCH3 is 1. The molecule has 0 unspecified atom stereocenters. The molecule has 1 aromatic heterocycles. The molecule has 0 aliphatic rings. The van der Waals surface area contributed by atoms with Crippen molar-refractivity contribution in [2.75, 3.05) is 20.7 Å². The van der Waals surface area contributed by atoms with E-state index in [1.165, 1.54) is 0 Å². The van der Waals surface area contributed by atoms with Crippen molar-refractivity contribution in [3.63, 3.8) is 0 Å². The highest BCUT2D eigenvalue weighted by Gasteiger charge is 2.11. The number of fused-ring (bicyclic) bond motifs is 1. The maximum absolute atomic E-state index is 11.9. The van der Waals surface area contributed by atoms with Gasteiger partial charge in [0.1, 0.15) is 12.3 Å². The molecule has 0 spiro atoms. The van der Waals surface area contributed by atoms with Crippen molar-refractivity contribution in [2.45, 2.75) is 13.5 Å². The summed E-state index contributed by atoms with van der Waals surface area (Å²) in [6.45, 7) is 3.05. The first-order chi connectivity index (χ1) is 8.67. The van der Waals surface area contributed by atoms with Gasteiger partial charge in [0.2, 0.25) is 5.91 Å². The lowest BCUT2D eigenvalue weighted by molar-refractivity contribution is -0.130. The van der Waals surface area contributed by atoms with Crippen molar-refractivity contribution in [1.29, 1.82) is 0 Å². The molecule has 4 heteroatoms. The average Bonchev–Trinajstić information content (AvgIpc) is 2.81. The van der Waals surface area contributed by atoms with Crippen LogP contribution < -0.4 is 4.74 Å². The number of likely N-dealkylation sites (N-methyl/N-ethyl adjacent to an activating group) is 1. The van der Waals surface area contributed by atoms with E-state index in [1.807, 2.05) is 49.0 Å². The maximum atomic E-state index is 11.9. The molecule has 0 aliphatic carbocycles. The van der Waals surface area contributed by atoms with Crippen LogP contribution in [0.3, 0.4) is 0 Å². The Morgan fingerprint density at radius 3 is 2.83 bits per heavy atom. The molecule has 0 N–H and O–H groups in total. The van der Waals surface area contributed by atoms with Crippen molar-refractivity contribution in [1.82, 2.24) is 9.47 Å². The zero-order valence-electron chi connectivity index (χ0n) is 11.0. The maximum Gasteiger partial charge on any atom is 0.242 e.